The van der Waals surface area contributed by atoms with Crippen LogP contribution in [0.2, 0.25) is 0 Å². The number of sulfone groups is 1. The van der Waals surface area contributed by atoms with Crippen LogP contribution in [0.4, 0.5) is 11.4 Å². The first-order valence-electron chi connectivity index (χ1n) is 16.3. The number of benzene rings is 5. The molecule has 52 heavy (non-hydrogen) atoms. The zero-order valence-electron chi connectivity index (χ0n) is 27.9. The fourth-order valence-corrected chi connectivity index (χ4v) is 7.27. The van der Waals surface area contributed by atoms with Gasteiger partial charge < -0.3 is 9.47 Å². The number of carbonyl (C=O) groups excluding carboxylic acids is 4. The summed E-state index contributed by atoms with van der Waals surface area (Å²) in [6.45, 7) is 2.98. The molecule has 11 heteroatoms. The third-order valence-electron chi connectivity index (χ3n) is 8.67. The molecule has 4 amide bonds. The van der Waals surface area contributed by atoms with E-state index in [-0.39, 0.29) is 27.2 Å². The summed E-state index contributed by atoms with van der Waals surface area (Å²) in [4.78, 5) is 55.7. The minimum absolute atomic E-state index is 0.0576. The lowest BCUT2D eigenvalue weighted by atomic mass is 10.1. The molecule has 0 radical (unpaired) electrons. The molecule has 1 unspecified atom stereocenters. The van der Waals surface area contributed by atoms with E-state index in [1.54, 1.807) is 79.7 Å². The molecule has 1 fully saturated rings. The van der Waals surface area contributed by atoms with Crippen molar-refractivity contribution < 1.29 is 37.1 Å². The first kappa shape index (κ1) is 33.9. The Morgan fingerprint density at radius 3 is 1.48 bits per heavy atom. The van der Waals surface area contributed by atoms with Crippen molar-refractivity contribution in [2.45, 2.75) is 24.0 Å². The van der Waals surface area contributed by atoms with Crippen molar-refractivity contribution in [3.8, 4) is 23.0 Å². The Labute approximate surface area is 299 Å². The fraction of sp³-hybridized carbons (Fsp3) is 0.0732. The van der Waals surface area contributed by atoms with Crippen LogP contribution in [0.1, 0.15) is 34.6 Å². The minimum Gasteiger partial charge on any atom is -0.457 e. The molecule has 258 valence electrons. The molecule has 0 bridgehead atoms. The van der Waals surface area contributed by atoms with Gasteiger partial charge in [-0.2, -0.15) is 0 Å². The number of hydrogen-bond donors (Lipinski definition) is 0. The van der Waals surface area contributed by atoms with Crippen LogP contribution < -0.4 is 19.3 Å². The van der Waals surface area contributed by atoms with Gasteiger partial charge in [0.05, 0.1) is 38.2 Å². The smallest absolute Gasteiger partial charge is 0.266 e. The van der Waals surface area contributed by atoms with E-state index in [9.17, 15) is 27.6 Å². The maximum Gasteiger partial charge on any atom is 0.266 e. The topological polar surface area (TPSA) is 127 Å². The van der Waals surface area contributed by atoms with Crippen molar-refractivity contribution in [1.82, 2.24) is 0 Å². The van der Waals surface area contributed by atoms with E-state index in [1.165, 1.54) is 37.3 Å². The van der Waals surface area contributed by atoms with E-state index in [1.807, 2.05) is 36.4 Å². The van der Waals surface area contributed by atoms with E-state index in [4.69, 9.17) is 9.47 Å². The summed E-state index contributed by atoms with van der Waals surface area (Å²) in [5.74, 6) is -0.300. The second-order valence-corrected chi connectivity index (χ2v) is 14.3. The Morgan fingerprint density at radius 2 is 0.981 bits per heavy atom. The van der Waals surface area contributed by atoms with Gasteiger partial charge in [-0.3, -0.25) is 19.2 Å². The second-order valence-electron chi connectivity index (χ2n) is 11.9. The van der Waals surface area contributed by atoms with Gasteiger partial charge in [0.1, 0.15) is 23.0 Å². The maximum absolute atomic E-state index is 13.9. The number of rotatable bonds is 9. The molecule has 5 aromatic rings. The van der Waals surface area contributed by atoms with Crippen molar-refractivity contribution in [1.29, 1.82) is 0 Å². The Morgan fingerprint density at radius 1 is 0.538 bits per heavy atom. The number of ether oxygens (including phenoxy) is 2. The third-order valence-corrected chi connectivity index (χ3v) is 10.7. The van der Waals surface area contributed by atoms with Gasteiger partial charge in [0.2, 0.25) is 0 Å². The first-order valence-corrected chi connectivity index (χ1v) is 17.8. The molecule has 2 aliphatic rings. The van der Waals surface area contributed by atoms with Crippen LogP contribution in [-0.4, -0.2) is 37.3 Å². The summed E-state index contributed by atoms with van der Waals surface area (Å²) in [5.41, 5.74) is 0.568. The summed E-state index contributed by atoms with van der Waals surface area (Å²) >= 11 is 0. The molecule has 1 saturated heterocycles. The molecule has 2 heterocycles. The van der Waals surface area contributed by atoms with Gasteiger partial charge in [0.15, 0.2) is 9.84 Å². The lowest BCUT2D eigenvalue weighted by Gasteiger charge is -2.14. The van der Waals surface area contributed by atoms with E-state index >= 15 is 0 Å². The highest BCUT2D eigenvalue weighted by Gasteiger charge is 2.41. The molecule has 0 aliphatic carbocycles. The predicted molar refractivity (Wildman–Crippen MR) is 194 cm³/mol. The lowest BCUT2D eigenvalue weighted by Crippen LogP contribution is -2.29. The number of nitrogens with zero attached hydrogens (tertiary/aromatic N) is 2. The van der Waals surface area contributed by atoms with Gasteiger partial charge >= 0.3 is 0 Å². The average Bonchev–Trinajstić information content (AvgIpc) is 3.55. The molecule has 0 aromatic heterocycles. The largest absolute Gasteiger partial charge is 0.457 e. The van der Waals surface area contributed by atoms with E-state index in [0.717, 1.165) is 9.80 Å². The number of para-hydroxylation sites is 2. The van der Waals surface area contributed by atoms with Crippen LogP contribution >= 0.6 is 0 Å². The Bertz CT molecular complexity index is 2410. The van der Waals surface area contributed by atoms with Crippen LogP contribution in [0.25, 0.3) is 0 Å². The van der Waals surface area contributed by atoms with Gasteiger partial charge in [-0.15, -0.1) is 0 Å². The highest BCUT2D eigenvalue weighted by Crippen LogP contribution is 2.35. The summed E-state index contributed by atoms with van der Waals surface area (Å²) in [6.07, 6.45) is 2.70. The maximum atomic E-state index is 13.9. The molecule has 0 spiro atoms. The van der Waals surface area contributed by atoms with Crippen molar-refractivity contribution in [3.63, 3.8) is 0 Å². The molecule has 1 atom stereocenters. The van der Waals surface area contributed by atoms with Crippen LogP contribution in [0, 0.1) is 0 Å². The molecular weight excluding hydrogens is 681 g/mol. The lowest BCUT2D eigenvalue weighted by molar-refractivity contribution is -0.119. The van der Waals surface area contributed by atoms with Gasteiger partial charge in [-0.25, -0.2) is 18.2 Å². The molecule has 0 saturated carbocycles. The fourth-order valence-electron chi connectivity index (χ4n) is 5.98. The van der Waals surface area contributed by atoms with Crippen LogP contribution in [0.15, 0.2) is 156 Å². The normalized spacial score (nSPS) is 16.5. The summed E-state index contributed by atoms with van der Waals surface area (Å²) in [5, 5.41) is -1.28. The average molecular weight is 711 g/mol. The Balaban J connectivity index is 1.10. The van der Waals surface area contributed by atoms with Gasteiger partial charge in [0.25, 0.3) is 23.6 Å². The Hall–Kier alpha value is -6.59. The van der Waals surface area contributed by atoms with Crippen LogP contribution in [0.5, 0.6) is 23.0 Å². The number of allylic oxidation sites excluding steroid dienone is 1. The number of imide groups is 2. The van der Waals surface area contributed by atoms with E-state index < -0.39 is 38.7 Å². The molecule has 10 nitrogen and oxygen atoms in total. The van der Waals surface area contributed by atoms with Crippen LogP contribution in [0.3, 0.4) is 0 Å². The quantitative estimate of drug-likeness (QED) is 0.113. The number of hydrogen-bond acceptors (Lipinski definition) is 8. The molecule has 2 aliphatic heterocycles. The number of amides is 4. The third kappa shape index (κ3) is 6.18. The predicted octanol–water partition coefficient (Wildman–Crippen LogP) is 7.68. The molecular formula is C41H30N2O8S. The summed E-state index contributed by atoms with van der Waals surface area (Å²) in [6, 6.07) is 34.8. The van der Waals surface area contributed by atoms with Crippen LogP contribution in [-0.2, 0) is 19.4 Å². The van der Waals surface area contributed by atoms with Crippen molar-refractivity contribution in [2.24, 2.45) is 0 Å². The second kappa shape index (κ2) is 13.6. The first-order chi connectivity index (χ1) is 25.1. The Kier molecular flexibility index (Phi) is 8.87. The van der Waals surface area contributed by atoms with E-state index in [0.29, 0.717) is 34.4 Å². The highest BCUT2D eigenvalue weighted by molar-refractivity contribution is 7.92. The number of fused-ring (bicyclic) bond motifs is 1. The van der Waals surface area contributed by atoms with E-state index in [2.05, 4.69) is 0 Å². The van der Waals surface area contributed by atoms with Gasteiger partial charge in [-0.05, 0) is 105 Å². The zero-order valence-corrected chi connectivity index (χ0v) is 28.7. The van der Waals surface area contributed by atoms with Gasteiger partial charge in [-0.1, -0.05) is 48.6 Å². The van der Waals surface area contributed by atoms with Crippen molar-refractivity contribution >= 4 is 44.8 Å². The number of anilines is 2. The molecule has 0 N–H and O–H groups in total. The molecule has 5 aromatic carbocycles. The van der Waals surface area contributed by atoms with Gasteiger partial charge in [0, 0.05) is 5.57 Å². The minimum atomic E-state index is -4.20. The summed E-state index contributed by atoms with van der Waals surface area (Å²) in [7, 11) is -4.20. The monoisotopic (exact) mass is 710 g/mol. The SMILES string of the molecule is C/C=C1/C(=O)N(c2ccc(Oc3ccccc3)cc2)C(=O)/C1=C/C(C)S(=O)(=O)c1ccc2c(c1)C(=O)N(c1ccc(Oc3ccccc3)cc1)C2=O. The van der Waals surface area contributed by atoms with Crippen molar-refractivity contribution in [2.75, 3.05) is 9.80 Å². The highest BCUT2D eigenvalue weighted by atomic mass is 32.2. The standard InChI is InChI=1S/C41H30N2O8S/c1-3-34-36(40(46)42(38(34)44)27-14-18-31(19-15-27)50-29-10-6-4-7-11-29)24-26(2)52(48,49)33-22-23-35-37(25-33)41(47)43(39(35)45)28-16-20-32(21-17-28)51-30-12-8-5-9-13-30/h3-26H,1-2H3/b34-3+,36-24+. The van der Waals surface area contributed by atoms with Crippen molar-refractivity contribution in [3.05, 3.63) is 162 Å². The summed E-state index contributed by atoms with van der Waals surface area (Å²) < 4.78 is 39.3. The molecule has 7 rings (SSSR count). The number of carbonyl (C=O) groups is 4. The zero-order chi connectivity index (χ0) is 36.6.